The van der Waals surface area contributed by atoms with Crippen LogP contribution in [0.25, 0.3) is 15.3 Å². The monoisotopic (exact) mass is 392 g/mol. The fourth-order valence-corrected chi connectivity index (χ4v) is 4.31. The van der Waals surface area contributed by atoms with Gasteiger partial charge in [-0.25, -0.2) is 4.98 Å². The Morgan fingerprint density at radius 3 is 2.71 bits per heavy atom. The lowest BCUT2D eigenvalue weighted by molar-refractivity contribution is 0.102. The molecule has 4 aromatic rings. The van der Waals surface area contributed by atoms with Gasteiger partial charge in [0.15, 0.2) is 0 Å². The molecule has 28 heavy (non-hydrogen) atoms. The van der Waals surface area contributed by atoms with Crippen molar-refractivity contribution in [3.63, 3.8) is 0 Å². The van der Waals surface area contributed by atoms with Gasteiger partial charge in [-0.1, -0.05) is 29.5 Å². The standard InChI is InChI=1S/C21H20N4O2S/c1-12-9-13(2)19-17(10-12)28-21(23-19)25-18(11-14(3)24-25)22-20(26)15-7-5-6-8-16(15)27-4/h5-11H,1-4H3,(H,22,26). The molecule has 0 fully saturated rings. The number of ether oxygens (including phenoxy) is 1. The van der Waals surface area contributed by atoms with Gasteiger partial charge in [-0.3, -0.25) is 4.79 Å². The first-order chi connectivity index (χ1) is 13.5. The van der Waals surface area contributed by atoms with E-state index in [0.29, 0.717) is 22.3 Å². The van der Waals surface area contributed by atoms with Crippen molar-refractivity contribution in [2.24, 2.45) is 0 Å². The van der Waals surface area contributed by atoms with Crippen LogP contribution in [0.3, 0.4) is 0 Å². The predicted octanol–water partition coefficient (Wildman–Crippen LogP) is 4.67. The number of thiazole rings is 1. The number of anilines is 1. The van der Waals surface area contributed by atoms with Crippen LogP contribution in [0.2, 0.25) is 0 Å². The number of nitrogens with one attached hydrogen (secondary N) is 1. The summed E-state index contributed by atoms with van der Waals surface area (Å²) in [5.74, 6) is 0.836. The van der Waals surface area contributed by atoms with Gasteiger partial charge in [0.25, 0.3) is 5.91 Å². The van der Waals surface area contributed by atoms with Gasteiger partial charge < -0.3 is 10.1 Å². The molecule has 6 nitrogen and oxygen atoms in total. The Kier molecular flexibility index (Phi) is 4.60. The molecule has 142 valence electrons. The lowest BCUT2D eigenvalue weighted by atomic mass is 10.1. The zero-order valence-electron chi connectivity index (χ0n) is 16.1. The highest BCUT2D eigenvalue weighted by molar-refractivity contribution is 7.20. The van der Waals surface area contributed by atoms with Gasteiger partial charge in [0.05, 0.1) is 28.6 Å². The average Bonchev–Trinajstić information content (AvgIpc) is 3.24. The van der Waals surface area contributed by atoms with E-state index in [0.717, 1.165) is 21.5 Å². The summed E-state index contributed by atoms with van der Waals surface area (Å²) in [6, 6.07) is 13.2. The molecule has 0 radical (unpaired) electrons. The Labute approximate surface area is 166 Å². The molecule has 2 aromatic heterocycles. The van der Waals surface area contributed by atoms with Crippen molar-refractivity contribution < 1.29 is 9.53 Å². The summed E-state index contributed by atoms with van der Waals surface area (Å²) in [5, 5.41) is 8.19. The molecule has 0 atom stereocenters. The van der Waals surface area contributed by atoms with Crippen LogP contribution in [0.15, 0.2) is 42.5 Å². The fraction of sp³-hybridized carbons (Fsp3) is 0.190. The summed E-state index contributed by atoms with van der Waals surface area (Å²) in [6.07, 6.45) is 0. The highest BCUT2D eigenvalue weighted by Gasteiger charge is 2.18. The molecule has 0 aliphatic heterocycles. The third-order valence-electron chi connectivity index (χ3n) is 4.42. The minimum Gasteiger partial charge on any atom is -0.496 e. The molecule has 1 N–H and O–H groups in total. The Morgan fingerprint density at radius 2 is 1.93 bits per heavy atom. The van der Waals surface area contributed by atoms with E-state index < -0.39 is 0 Å². The summed E-state index contributed by atoms with van der Waals surface area (Å²) in [4.78, 5) is 17.6. The van der Waals surface area contributed by atoms with Gasteiger partial charge in [0.2, 0.25) is 5.13 Å². The number of methoxy groups -OCH3 is 1. The number of hydrogen-bond acceptors (Lipinski definition) is 5. The summed E-state index contributed by atoms with van der Waals surface area (Å²) in [6.45, 7) is 6.01. The van der Waals surface area contributed by atoms with Crippen molar-refractivity contribution in [1.29, 1.82) is 0 Å². The van der Waals surface area contributed by atoms with Crippen LogP contribution in [-0.2, 0) is 0 Å². The Morgan fingerprint density at radius 1 is 1.14 bits per heavy atom. The highest BCUT2D eigenvalue weighted by atomic mass is 32.1. The number of fused-ring (bicyclic) bond motifs is 1. The van der Waals surface area contributed by atoms with Crippen molar-refractivity contribution in [2.75, 3.05) is 12.4 Å². The number of rotatable bonds is 4. The molecule has 0 aliphatic carbocycles. The van der Waals surface area contributed by atoms with Crippen molar-refractivity contribution in [1.82, 2.24) is 14.8 Å². The quantitative estimate of drug-likeness (QED) is 0.548. The maximum Gasteiger partial charge on any atom is 0.260 e. The Bertz CT molecular complexity index is 1190. The van der Waals surface area contributed by atoms with Crippen molar-refractivity contribution in [3.8, 4) is 10.9 Å². The number of aromatic nitrogens is 3. The molecule has 0 saturated carbocycles. The highest BCUT2D eigenvalue weighted by Crippen LogP contribution is 2.30. The smallest absolute Gasteiger partial charge is 0.260 e. The van der Waals surface area contributed by atoms with E-state index in [2.05, 4.69) is 36.4 Å². The molecular formula is C21H20N4O2S. The number of amides is 1. The van der Waals surface area contributed by atoms with E-state index >= 15 is 0 Å². The normalized spacial score (nSPS) is 11.0. The number of carbonyl (C=O) groups is 1. The molecular weight excluding hydrogens is 372 g/mol. The van der Waals surface area contributed by atoms with E-state index in [9.17, 15) is 4.79 Å². The van der Waals surface area contributed by atoms with Crippen molar-refractivity contribution in [3.05, 3.63) is 64.8 Å². The van der Waals surface area contributed by atoms with Crippen LogP contribution in [-0.4, -0.2) is 27.8 Å². The first kappa shape index (κ1) is 18.2. The second-order valence-corrected chi connectivity index (χ2v) is 7.67. The van der Waals surface area contributed by atoms with Gasteiger partial charge in [-0.2, -0.15) is 9.78 Å². The van der Waals surface area contributed by atoms with Crippen LogP contribution in [0.5, 0.6) is 5.75 Å². The van der Waals surface area contributed by atoms with Crippen molar-refractivity contribution in [2.45, 2.75) is 20.8 Å². The lowest BCUT2D eigenvalue weighted by Crippen LogP contribution is -2.16. The summed E-state index contributed by atoms with van der Waals surface area (Å²) in [7, 11) is 1.55. The largest absolute Gasteiger partial charge is 0.496 e. The number of hydrogen-bond donors (Lipinski definition) is 1. The molecule has 0 saturated heterocycles. The lowest BCUT2D eigenvalue weighted by Gasteiger charge is -2.09. The average molecular weight is 392 g/mol. The number of para-hydroxylation sites is 1. The number of carbonyl (C=O) groups excluding carboxylic acids is 1. The van der Waals surface area contributed by atoms with Crippen LogP contribution in [0, 0.1) is 20.8 Å². The maximum atomic E-state index is 12.8. The van der Waals surface area contributed by atoms with E-state index in [1.165, 1.54) is 5.56 Å². The molecule has 1 amide bonds. The molecule has 7 heteroatoms. The fourth-order valence-electron chi connectivity index (χ4n) is 3.20. The predicted molar refractivity (Wildman–Crippen MR) is 112 cm³/mol. The van der Waals surface area contributed by atoms with E-state index in [4.69, 9.17) is 9.72 Å². The molecule has 0 spiro atoms. The molecule has 0 bridgehead atoms. The van der Waals surface area contributed by atoms with E-state index in [1.54, 1.807) is 41.3 Å². The molecule has 2 heterocycles. The maximum absolute atomic E-state index is 12.8. The van der Waals surface area contributed by atoms with Gasteiger partial charge >= 0.3 is 0 Å². The topological polar surface area (TPSA) is 69.0 Å². The second kappa shape index (κ2) is 7.09. The number of aryl methyl sites for hydroxylation is 3. The SMILES string of the molecule is COc1ccccc1C(=O)Nc1cc(C)nn1-c1nc2c(C)cc(C)cc2s1. The van der Waals surface area contributed by atoms with E-state index in [-0.39, 0.29) is 5.91 Å². The van der Waals surface area contributed by atoms with Crippen LogP contribution >= 0.6 is 11.3 Å². The number of nitrogens with zero attached hydrogens (tertiary/aromatic N) is 3. The third-order valence-corrected chi connectivity index (χ3v) is 5.40. The van der Waals surface area contributed by atoms with Crippen LogP contribution in [0.4, 0.5) is 5.82 Å². The van der Waals surface area contributed by atoms with Gasteiger partial charge in [-0.05, 0) is 50.1 Å². The summed E-state index contributed by atoms with van der Waals surface area (Å²) in [5.41, 5.74) is 4.54. The molecule has 2 aromatic carbocycles. The van der Waals surface area contributed by atoms with Gasteiger partial charge in [-0.15, -0.1) is 0 Å². The summed E-state index contributed by atoms with van der Waals surface area (Å²) < 4.78 is 8.08. The minimum atomic E-state index is -0.258. The Hall–Kier alpha value is -3.19. The zero-order valence-corrected chi connectivity index (χ0v) is 16.9. The molecule has 0 aliphatic rings. The first-order valence-electron chi connectivity index (χ1n) is 8.85. The summed E-state index contributed by atoms with van der Waals surface area (Å²) >= 11 is 1.55. The number of benzene rings is 2. The zero-order chi connectivity index (χ0) is 19.8. The van der Waals surface area contributed by atoms with Gasteiger partial charge in [0.1, 0.15) is 11.6 Å². The van der Waals surface area contributed by atoms with E-state index in [1.807, 2.05) is 19.1 Å². The molecule has 0 unspecified atom stereocenters. The minimum absolute atomic E-state index is 0.258. The Balaban J connectivity index is 1.73. The van der Waals surface area contributed by atoms with Crippen LogP contribution in [0.1, 0.15) is 27.2 Å². The van der Waals surface area contributed by atoms with Gasteiger partial charge in [0, 0.05) is 6.07 Å². The third kappa shape index (κ3) is 3.25. The second-order valence-electron chi connectivity index (χ2n) is 6.66. The van der Waals surface area contributed by atoms with Crippen LogP contribution < -0.4 is 10.1 Å². The molecule has 4 rings (SSSR count). The first-order valence-corrected chi connectivity index (χ1v) is 9.67. The van der Waals surface area contributed by atoms with Crippen molar-refractivity contribution >= 4 is 33.3 Å².